The fourth-order valence-electron chi connectivity index (χ4n) is 3.38. The van der Waals surface area contributed by atoms with E-state index < -0.39 is 0 Å². The van der Waals surface area contributed by atoms with Gasteiger partial charge in [0.05, 0.1) is 0 Å². The zero-order valence-electron chi connectivity index (χ0n) is 11.9. The molecule has 0 amide bonds. The minimum Gasteiger partial charge on any atom is -0.330 e. The van der Waals surface area contributed by atoms with Crippen molar-refractivity contribution < 1.29 is 0 Å². The molecule has 2 aliphatic rings. The Hall–Kier alpha value is -0.120. The molecule has 3 nitrogen and oxygen atoms in total. The zero-order chi connectivity index (χ0) is 12.6. The standard InChI is InChI=1S/C15H31N3/c16-8-2-1-3-9-17-12-6-15(7-13-17)14-18-10-4-5-11-18/h15H,1-14,16H2. The van der Waals surface area contributed by atoms with Gasteiger partial charge in [-0.1, -0.05) is 6.42 Å². The fourth-order valence-corrected chi connectivity index (χ4v) is 3.38. The molecule has 2 aliphatic heterocycles. The summed E-state index contributed by atoms with van der Waals surface area (Å²) < 4.78 is 0. The summed E-state index contributed by atoms with van der Waals surface area (Å²) in [5.41, 5.74) is 5.53. The lowest BCUT2D eigenvalue weighted by atomic mass is 9.96. The van der Waals surface area contributed by atoms with E-state index in [1.165, 1.54) is 84.2 Å². The average Bonchev–Trinajstić information content (AvgIpc) is 2.89. The molecule has 0 unspecified atom stereocenters. The summed E-state index contributed by atoms with van der Waals surface area (Å²) in [6.45, 7) is 8.93. The van der Waals surface area contributed by atoms with E-state index in [1.54, 1.807) is 0 Å². The molecule has 0 aromatic carbocycles. The van der Waals surface area contributed by atoms with E-state index in [4.69, 9.17) is 5.73 Å². The van der Waals surface area contributed by atoms with Gasteiger partial charge in [0.25, 0.3) is 0 Å². The predicted molar refractivity (Wildman–Crippen MR) is 77.7 cm³/mol. The van der Waals surface area contributed by atoms with Crippen molar-refractivity contribution in [2.45, 2.75) is 44.9 Å². The number of hydrogen-bond donors (Lipinski definition) is 1. The van der Waals surface area contributed by atoms with E-state index in [0.29, 0.717) is 0 Å². The lowest BCUT2D eigenvalue weighted by Crippen LogP contribution is -2.38. The van der Waals surface area contributed by atoms with Gasteiger partial charge >= 0.3 is 0 Å². The normalized spacial score (nSPS) is 23.8. The molecule has 0 spiro atoms. The summed E-state index contributed by atoms with van der Waals surface area (Å²) >= 11 is 0. The van der Waals surface area contributed by atoms with Crippen LogP contribution in [0.25, 0.3) is 0 Å². The fraction of sp³-hybridized carbons (Fsp3) is 1.00. The van der Waals surface area contributed by atoms with Gasteiger partial charge in [-0.2, -0.15) is 0 Å². The highest BCUT2D eigenvalue weighted by Gasteiger charge is 2.22. The summed E-state index contributed by atoms with van der Waals surface area (Å²) in [6, 6.07) is 0. The molecule has 2 rings (SSSR count). The second-order valence-corrected chi connectivity index (χ2v) is 6.14. The molecular formula is C15H31N3. The van der Waals surface area contributed by atoms with Crippen LogP contribution >= 0.6 is 0 Å². The first kappa shape index (κ1) is 14.3. The lowest BCUT2D eigenvalue weighted by molar-refractivity contribution is 0.152. The third kappa shape index (κ3) is 4.87. The summed E-state index contributed by atoms with van der Waals surface area (Å²) in [6.07, 6.45) is 9.56. The van der Waals surface area contributed by atoms with Crippen molar-refractivity contribution in [1.29, 1.82) is 0 Å². The van der Waals surface area contributed by atoms with Crippen LogP contribution in [-0.4, -0.2) is 55.6 Å². The van der Waals surface area contributed by atoms with E-state index in [2.05, 4.69) is 9.80 Å². The minimum absolute atomic E-state index is 0.859. The van der Waals surface area contributed by atoms with E-state index in [0.717, 1.165) is 12.5 Å². The Bertz CT molecular complexity index is 206. The molecule has 0 atom stereocenters. The molecule has 2 fully saturated rings. The molecule has 0 aromatic rings. The molecule has 3 heteroatoms. The molecule has 0 bridgehead atoms. The van der Waals surface area contributed by atoms with Gasteiger partial charge in [0.15, 0.2) is 0 Å². The number of nitrogens with two attached hydrogens (primary N) is 1. The number of nitrogens with zero attached hydrogens (tertiary/aromatic N) is 2. The van der Waals surface area contributed by atoms with Gasteiger partial charge in [0, 0.05) is 6.54 Å². The molecule has 0 aromatic heterocycles. The van der Waals surface area contributed by atoms with Crippen LogP contribution in [0.4, 0.5) is 0 Å². The van der Waals surface area contributed by atoms with E-state index in [-0.39, 0.29) is 0 Å². The van der Waals surface area contributed by atoms with Crippen LogP contribution in [-0.2, 0) is 0 Å². The third-order valence-corrected chi connectivity index (χ3v) is 4.60. The second-order valence-electron chi connectivity index (χ2n) is 6.14. The maximum atomic E-state index is 5.53. The number of unbranched alkanes of at least 4 members (excludes halogenated alkanes) is 2. The van der Waals surface area contributed by atoms with Crippen LogP contribution in [0.1, 0.15) is 44.9 Å². The zero-order valence-corrected chi connectivity index (χ0v) is 11.9. The van der Waals surface area contributed by atoms with Crippen LogP contribution in [0, 0.1) is 5.92 Å². The minimum atomic E-state index is 0.859. The monoisotopic (exact) mass is 253 g/mol. The first-order chi connectivity index (χ1) is 8.88. The summed E-state index contributed by atoms with van der Waals surface area (Å²) in [5.74, 6) is 0.975. The highest BCUT2D eigenvalue weighted by Crippen LogP contribution is 2.20. The van der Waals surface area contributed by atoms with Gasteiger partial charge in [-0.05, 0) is 83.7 Å². The van der Waals surface area contributed by atoms with Crippen molar-refractivity contribution in [2.24, 2.45) is 11.7 Å². The molecule has 0 saturated carbocycles. The van der Waals surface area contributed by atoms with Crippen molar-refractivity contribution in [3.8, 4) is 0 Å². The first-order valence-electron chi connectivity index (χ1n) is 8.03. The van der Waals surface area contributed by atoms with Crippen LogP contribution < -0.4 is 5.73 Å². The van der Waals surface area contributed by atoms with Crippen LogP contribution in [0.5, 0.6) is 0 Å². The number of piperidine rings is 1. The molecule has 2 saturated heterocycles. The van der Waals surface area contributed by atoms with Crippen molar-refractivity contribution >= 4 is 0 Å². The molecule has 0 aliphatic carbocycles. The van der Waals surface area contributed by atoms with Gasteiger partial charge in [-0.15, -0.1) is 0 Å². The van der Waals surface area contributed by atoms with Crippen molar-refractivity contribution in [2.75, 3.05) is 45.8 Å². The van der Waals surface area contributed by atoms with Crippen molar-refractivity contribution in [3.05, 3.63) is 0 Å². The number of hydrogen-bond acceptors (Lipinski definition) is 3. The van der Waals surface area contributed by atoms with Crippen LogP contribution in [0.15, 0.2) is 0 Å². The summed E-state index contributed by atoms with van der Waals surface area (Å²) in [7, 11) is 0. The summed E-state index contributed by atoms with van der Waals surface area (Å²) in [4.78, 5) is 5.35. The molecule has 2 N–H and O–H groups in total. The van der Waals surface area contributed by atoms with Crippen LogP contribution in [0.2, 0.25) is 0 Å². The van der Waals surface area contributed by atoms with Gasteiger partial charge in [-0.25, -0.2) is 0 Å². The maximum absolute atomic E-state index is 5.53. The van der Waals surface area contributed by atoms with E-state index in [9.17, 15) is 0 Å². The highest BCUT2D eigenvalue weighted by atomic mass is 15.2. The van der Waals surface area contributed by atoms with Gasteiger partial charge in [-0.3, -0.25) is 0 Å². The quantitative estimate of drug-likeness (QED) is 0.704. The predicted octanol–water partition coefficient (Wildman–Crippen LogP) is 1.92. The molecule has 106 valence electrons. The Morgan fingerprint density at radius 3 is 2.22 bits per heavy atom. The Labute approximate surface area is 113 Å². The largest absolute Gasteiger partial charge is 0.330 e. The van der Waals surface area contributed by atoms with Gasteiger partial charge < -0.3 is 15.5 Å². The SMILES string of the molecule is NCCCCCN1CCC(CN2CCCC2)CC1. The Kier molecular flexibility index (Phi) is 6.46. The van der Waals surface area contributed by atoms with Crippen molar-refractivity contribution in [3.63, 3.8) is 0 Å². The smallest absolute Gasteiger partial charge is 0.00106 e. The maximum Gasteiger partial charge on any atom is 0.00106 e. The molecule has 18 heavy (non-hydrogen) atoms. The summed E-state index contributed by atoms with van der Waals surface area (Å²) in [5, 5.41) is 0. The Morgan fingerprint density at radius 1 is 0.833 bits per heavy atom. The lowest BCUT2D eigenvalue weighted by Gasteiger charge is -2.33. The number of likely N-dealkylation sites (tertiary alicyclic amines) is 2. The van der Waals surface area contributed by atoms with Crippen LogP contribution in [0.3, 0.4) is 0 Å². The number of rotatable bonds is 7. The first-order valence-corrected chi connectivity index (χ1v) is 8.03. The van der Waals surface area contributed by atoms with E-state index >= 15 is 0 Å². The third-order valence-electron chi connectivity index (χ3n) is 4.60. The van der Waals surface area contributed by atoms with E-state index in [1.807, 2.05) is 0 Å². The Balaban J connectivity index is 1.53. The van der Waals surface area contributed by atoms with Gasteiger partial charge in [0.2, 0.25) is 0 Å². The molecule has 2 heterocycles. The van der Waals surface area contributed by atoms with Crippen molar-refractivity contribution in [1.82, 2.24) is 9.80 Å². The Morgan fingerprint density at radius 2 is 1.56 bits per heavy atom. The van der Waals surface area contributed by atoms with Gasteiger partial charge in [0.1, 0.15) is 0 Å². The average molecular weight is 253 g/mol. The molecular weight excluding hydrogens is 222 g/mol. The molecule has 0 radical (unpaired) electrons. The second kappa shape index (κ2) is 8.13. The topological polar surface area (TPSA) is 32.5 Å². The highest BCUT2D eigenvalue weighted by molar-refractivity contribution is 4.77.